The molecule has 0 saturated carbocycles. The number of aromatic hydroxyl groups is 4. The van der Waals surface area contributed by atoms with Crippen molar-refractivity contribution < 1.29 is 29.9 Å². The monoisotopic (exact) mass is 486 g/mol. The highest BCUT2D eigenvalue weighted by molar-refractivity contribution is 5.74. The molecule has 4 aromatic carbocycles. The molecule has 0 bridgehead atoms. The lowest BCUT2D eigenvalue weighted by Gasteiger charge is -2.17. The summed E-state index contributed by atoms with van der Waals surface area (Å²) in [6, 6.07) is 21.8. The summed E-state index contributed by atoms with van der Waals surface area (Å²) in [5.74, 6) is 0.968. The molecule has 0 atom stereocenters. The van der Waals surface area contributed by atoms with Crippen LogP contribution in [0.1, 0.15) is 22.3 Å². The van der Waals surface area contributed by atoms with Crippen LogP contribution in [0.25, 0.3) is 11.1 Å². The second-order valence-electron chi connectivity index (χ2n) is 8.69. The molecule has 186 valence electrons. The van der Waals surface area contributed by atoms with Gasteiger partial charge in [-0.15, -0.1) is 0 Å². The molecule has 0 spiro atoms. The van der Waals surface area contributed by atoms with E-state index in [4.69, 9.17) is 9.47 Å². The highest BCUT2D eigenvalue weighted by Crippen LogP contribution is 2.35. The lowest BCUT2D eigenvalue weighted by atomic mass is 9.89. The van der Waals surface area contributed by atoms with Crippen molar-refractivity contribution in [1.82, 2.24) is 0 Å². The van der Waals surface area contributed by atoms with E-state index >= 15 is 0 Å². The number of phenols is 4. The molecule has 0 radical (unpaired) electrons. The van der Waals surface area contributed by atoms with E-state index in [9.17, 15) is 20.4 Å². The third-order valence-corrected chi connectivity index (χ3v) is 6.37. The highest BCUT2D eigenvalue weighted by atomic mass is 16.5. The molecule has 6 nitrogen and oxygen atoms in total. The lowest BCUT2D eigenvalue weighted by molar-refractivity contribution is 0.403. The van der Waals surface area contributed by atoms with Gasteiger partial charge in [0.25, 0.3) is 0 Å². The topological polar surface area (TPSA) is 99.4 Å². The SMILES string of the molecule is COc1ccc(CCc2ccc(O)c(O)c2)c(-c2cc(OC)ccc2CCc2ccc(O)c(O)c2)c1. The molecular weight excluding hydrogens is 456 g/mol. The number of benzene rings is 4. The Morgan fingerprint density at radius 3 is 1.25 bits per heavy atom. The Labute approximate surface area is 210 Å². The van der Waals surface area contributed by atoms with Crippen LogP contribution in [0.4, 0.5) is 0 Å². The van der Waals surface area contributed by atoms with E-state index in [1.807, 2.05) is 36.4 Å². The average molecular weight is 487 g/mol. The van der Waals surface area contributed by atoms with Crippen LogP contribution in [-0.4, -0.2) is 34.6 Å². The maximum Gasteiger partial charge on any atom is 0.157 e. The van der Waals surface area contributed by atoms with Crippen molar-refractivity contribution in [2.75, 3.05) is 14.2 Å². The van der Waals surface area contributed by atoms with Gasteiger partial charge in [-0.05, 0) is 108 Å². The first kappa shape index (κ1) is 24.8. The van der Waals surface area contributed by atoms with Crippen LogP contribution < -0.4 is 9.47 Å². The van der Waals surface area contributed by atoms with Crippen LogP contribution in [0.5, 0.6) is 34.5 Å². The summed E-state index contributed by atoms with van der Waals surface area (Å²) in [4.78, 5) is 0. The zero-order valence-corrected chi connectivity index (χ0v) is 20.4. The smallest absolute Gasteiger partial charge is 0.157 e. The van der Waals surface area contributed by atoms with Gasteiger partial charge < -0.3 is 29.9 Å². The van der Waals surface area contributed by atoms with E-state index in [0.717, 1.165) is 44.9 Å². The molecule has 0 saturated heterocycles. The summed E-state index contributed by atoms with van der Waals surface area (Å²) in [6.07, 6.45) is 2.79. The maximum atomic E-state index is 9.87. The number of aryl methyl sites for hydroxylation is 4. The Balaban J connectivity index is 1.68. The summed E-state index contributed by atoms with van der Waals surface area (Å²) in [5, 5.41) is 39.0. The minimum atomic E-state index is -0.133. The number of ether oxygens (including phenoxy) is 2. The van der Waals surface area contributed by atoms with E-state index < -0.39 is 0 Å². The van der Waals surface area contributed by atoms with Crippen molar-refractivity contribution in [3.63, 3.8) is 0 Å². The van der Waals surface area contributed by atoms with Crippen molar-refractivity contribution in [3.8, 4) is 45.6 Å². The van der Waals surface area contributed by atoms with Crippen molar-refractivity contribution in [2.45, 2.75) is 25.7 Å². The lowest BCUT2D eigenvalue weighted by Crippen LogP contribution is -2.00. The molecule has 0 aliphatic rings. The predicted molar refractivity (Wildman–Crippen MR) is 139 cm³/mol. The Morgan fingerprint density at radius 1 is 0.472 bits per heavy atom. The fraction of sp³-hybridized carbons (Fsp3) is 0.200. The molecular formula is C30H30O6. The van der Waals surface area contributed by atoms with Gasteiger partial charge in [0, 0.05) is 0 Å². The first-order valence-corrected chi connectivity index (χ1v) is 11.7. The second kappa shape index (κ2) is 11.0. The zero-order valence-electron chi connectivity index (χ0n) is 20.4. The van der Waals surface area contributed by atoms with Crippen LogP contribution >= 0.6 is 0 Å². The average Bonchev–Trinajstić information content (AvgIpc) is 2.90. The highest BCUT2D eigenvalue weighted by Gasteiger charge is 2.14. The van der Waals surface area contributed by atoms with Crippen LogP contribution in [-0.2, 0) is 25.7 Å². The molecule has 36 heavy (non-hydrogen) atoms. The van der Waals surface area contributed by atoms with E-state index in [2.05, 4.69) is 12.1 Å². The molecule has 4 aromatic rings. The van der Waals surface area contributed by atoms with Crippen molar-refractivity contribution in [2.24, 2.45) is 0 Å². The predicted octanol–water partition coefficient (Wildman–Crippen LogP) is 5.76. The largest absolute Gasteiger partial charge is 0.504 e. The van der Waals surface area contributed by atoms with Crippen molar-refractivity contribution >= 4 is 0 Å². The van der Waals surface area contributed by atoms with Gasteiger partial charge in [-0.3, -0.25) is 0 Å². The fourth-order valence-electron chi connectivity index (χ4n) is 4.31. The molecule has 0 fully saturated rings. The Kier molecular flexibility index (Phi) is 7.54. The molecule has 0 unspecified atom stereocenters. The molecule has 0 aliphatic carbocycles. The minimum absolute atomic E-state index is 0.127. The minimum Gasteiger partial charge on any atom is -0.504 e. The van der Waals surface area contributed by atoms with Gasteiger partial charge in [0.15, 0.2) is 23.0 Å². The van der Waals surface area contributed by atoms with Gasteiger partial charge in [-0.25, -0.2) is 0 Å². The third-order valence-electron chi connectivity index (χ3n) is 6.37. The molecule has 6 heteroatoms. The van der Waals surface area contributed by atoms with Crippen molar-refractivity contribution in [1.29, 1.82) is 0 Å². The van der Waals surface area contributed by atoms with E-state index in [-0.39, 0.29) is 23.0 Å². The molecule has 0 heterocycles. The quantitative estimate of drug-likeness (QED) is 0.224. The summed E-state index contributed by atoms with van der Waals surface area (Å²) >= 11 is 0. The number of methoxy groups -OCH3 is 2. The Morgan fingerprint density at radius 2 is 0.889 bits per heavy atom. The van der Waals surface area contributed by atoms with Gasteiger partial charge in [0.2, 0.25) is 0 Å². The van der Waals surface area contributed by atoms with Gasteiger partial charge in [-0.2, -0.15) is 0 Å². The maximum absolute atomic E-state index is 9.87. The van der Waals surface area contributed by atoms with Crippen LogP contribution in [0.2, 0.25) is 0 Å². The molecule has 0 aromatic heterocycles. The second-order valence-corrected chi connectivity index (χ2v) is 8.69. The standard InChI is InChI=1S/C30H30O6/c1-35-23-11-9-21(7-3-19-5-13-27(31)29(33)15-19)25(17-23)26-18-24(36-2)12-10-22(26)8-4-20-6-14-28(32)30(34)16-20/h5-6,9-18,31-34H,3-4,7-8H2,1-2H3. The van der Waals surface area contributed by atoms with Gasteiger partial charge in [0.05, 0.1) is 14.2 Å². The van der Waals surface area contributed by atoms with Crippen LogP contribution in [0.15, 0.2) is 72.8 Å². The normalized spacial score (nSPS) is 10.8. The summed E-state index contributed by atoms with van der Waals surface area (Å²) in [5.41, 5.74) is 6.12. The van der Waals surface area contributed by atoms with Gasteiger partial charge >= 0.3 is 0 Å². The first-order valence-electron chi connectivity index (χ1n) is 11.7. The molecule has 4 N–H and O–H groups in total. The number of rotatable bonds is 9. The van der Waals surface area contributed by atoms with Gasteiger partial charge in [-0.1, -0.05) is 24.3 Å². The molecule has 0 amide bonds. The zero-order chi connectivity index (χ0) is 25.7. The number of hydrogen-bond acceptors (Lipinski definition) is 6. The number of phenolic OH excluding ortho intramolecular Hbond substituents is 4. The Hall–Kier alpha value is -4.32. The van der Waals surface area contributed by atoms with E-state index in [1.54, 1.807) is 26.4 Å². The third kappa shape index (κ3) is 5.66. The summed E-state index contributed by atoms with van der Waals surface area (Å²) < 4.78 is 11.1. The molecule has 4 rings (SSSR count). The van der Waals surface area contributed by atoms with Crippen molar-refractivity contribution in [3.05, 3.63) is 95.1 Å². The Bertz CT molecular complexity index is 1260. The van der Waals surface area contributed by atoms with Crippen LogP contribution in [0.3, 0.4) is 0 Å². The van der Waals surface area contributed by atoms with E-state index in [1.165, 1.54) is 12.1 Å². The van der Waals surface area contributed by atoms with Crippen LogP contribution in [0, 0.1) is 0 Å². The van der Waals surface area contributed by atoms with Gasteiger partial charge in [0.1, 0.15) is 11.5 Å². The summed E-state index contributed by atoms with van der Waals surface area (Å²) in [6.45, 7) is 0. The molecule has 0 aliphatic heterocycles. The first-order chi connectivity index (χ1) is 17.4. The summed E-state index contributed by atoms with van der Waals surface area (Å²) in [7, 11) is 3.28. The fourth-order valence-corrected chi connectivity index (χ4v) is 4.31. The number of hydrogen-bond donors (Lipinski definition) is 4. The van der Waals surface area contributed by atoms with E-state index in [0.29, 0.717) is 25.7 Å².